The molecular formula is C21H17BrN4O. The summed E-state index contributed by atoms with van der Waals surface area (Å²) in [6.45, 7) is 0.0336. The number of aliphatic hydroxyl groups excluding tert-OH is 1. The Morgan fingerprint density at radius 3 is 2.44 bits per heavy atom. The lowest BCUT2D eigenvalue weighted by molar-refractivity contribution is 0.282. The van der Waals surface area contributed by atoms with Crippen LogP contribution in [0, 0.1) is 0 Å². The van der Waals surface area contributed by atoms with E-state index >= 15 is 0 Å². The van der Waals surface area contributed by atoms with Crippen LogP contribution in [0.1, 0.15) is 5.56 Å². The number of benzene rings is 3. The van der Waals surface area contributed by atoms with Gasteiger partial charge in [0.15, 0.2) is 0 Å². The van der Waals surface area contributed by atoms with E-state index in [0.29, 0.717) is 5.82 Å². The molecule has 0 radical (unpaired) electrons. The van der Waals surface area contributed by atoms with Crippen molar-refractivity contribution in [3.8, 4) is 11.1 Å². The first-order valence-electron chi connectivity index (χ1n) is 8.42. The summed E-state index contributed by atoms with van der Waals surface area (Å²) in [5.41, 5.74) is 10.5. The number of hydrogen-bond donors (Lipinski definition) is 3. The van der Waals surface area contributed by atoms with Crippen molar-refractivity contribution in [1.82, 2.24) is 9.97 Å². The van der Waals surface area contributed by atoms with Gasteiger partial charge in [-0.3, -0.25) is 0 Å². The molecule has 5 nitrogen and oxygen atoms in total. The molecule has 4 N–H and O–H groups in total. The molecule has 1 aromatic heterocycles. The van der Waals surface area contributed by atoms with Gasteiger partial charge < -0.3 is 16.2 Å². The predicted octanol–water partition coefficient (Wildman–Crippen LogP) is 4.88. The zero-order valence-corrected chi connectivity index (χ0v) is 15.9. The molecule has 0 unspecified atom stereocenters. The second kappa shape index (κ2) is 7.34. The van der Waals surface area contributed by atoms with Gasteiger partial charge in [0, 0.05) is 15.5 Å². The third-order valence-corrected chi connectivity index (χ3v) is 4.76. The van der Waals surface area contributed by atoms with Gasteiger partial charge in [0.25, 0.3) is 0 Å². The summed E-state index contributed by atoms with van der Waals surface area (Å²) < 4.78 is 0.975. The highest BCUT2D eigenvalue weighted by Gasteiger charge is 2.09. The van der Waals surface area contributed by atoms with Gasteiger partial charge in [-0.25, -0.2) is 4.98 Å². The van der Waals surface area contributed by atoms with Crippen molar-refractivity contribution < 1.29 is 5.11 Å². The first-order valence-corrected chi connectivity index (χ1v) is 9.22. The zero-order chi connectivity index (χ0) is 18.8. The number of aromatic nitrogens is 2. The van der Waals surface area contributed by atoms with Crippen LogP contribution < -0.4 is 11.1 Å². The molecule has 0 aliphatic rings. The minimum Gasteiger partial charge on any atom is -0.392 e. The number of halogens is 1. The Balaban J connectivity index is 1.80. The van der Waals surface area contributed by atoms with Crippen molar-refractivity contribution in [3.05, 3.63) is 76.8 Å². The Kier molecular flexibility index (Phi) is 4.75. The van der Waals surface area contributed by atoms with E-state index in [9.17, 15) is 5.11 Å². The molecule has 4 rings (SSSR count). The van der Waals surface area contributed by atoms with E-state index in [-0.39, 0.29) is 12.6 Å². The Labute approximate surface area is 165 Å². The normalized spacial score (nSPS) is 10.9. The zero-order valence-electron chi connectivity index (χ0n) is 14.4. The molecule has 27 heavy (non-hydrogen) atoms. The fraction of sp³-hybridized carbons (Fsp3) is 0.0476. The molecule has 0 saturated heterocycles. The molecule has 1 heterocycles. The average Bonchev–Trinajstić information content (AvgIpc) is 2.68. The number of anilines is 3. The minimum atomic E-state index is 0.0336. The van der Waals surface area contributed by atoms with Crippen molar-refractivity contribution in [2.24, 2.45) is 0 Å². The van der Waals surface area contributed by atoms with Crippen molar-refractivity contribution in [2.45, 2.75) is 6.61 Å². The number of nitrogens with one attached hydrogen (secondary N) is 1. The second-order valence-electron chi connectivity index (χ2n) is 6.15. The van der Waals surface area contributed by atoms with Gasteiger partial charge in [0.1, 0.15) is 5.82 Å². The van der Waals surface area contributed by atoms with Gasteiger partial charge in [-0.05, 0) is 47.0 Å². The molecule has 3 aromatic carbocycles. The fourth-order valence-electron chi connectivity index (χ4n) is 2.93. The van der Waals surface area contributed by atoms with Crippen molar-refractivity contribution in [2.75, 3.05) is 11.1 Å². The van der Waals surface area contributed by atoms with Crippen LogP contribution in [-0.2, 0) is 6.61 Å². The molecule has 0 fully saturated rings. The van der Waals surface area contributed by atoms with E-state index in [1.165, 1.54) is 0 Å². The third-order valence-electron chi connectivity index (χ3n) is 4.27. The van der Waals surface area contributed by atoms with E-state index < -0.39 is 0 Å². The molecule has 0 bridgehead atoms. The largest absolute Gasteiger partial charge is 0.392 e. The first-order chi connectivity index (χ1) is 13.1. The van der Waals surface area contributed by atoms with Crippen LogP contribution in [0.4, 0.5) is 17.5 Å². The molecule has 0 amide bonds. The fourth-order valence-corrected chi connectivity index (χ4v) is 3.33. The van der Waals surface area contributed by atoms with Crippen molar-refractivity contribution in [1.29, 1.82) is 0 Å². The number of hydrogen-bond acceptors (Lipinski definition) is 5. The average molecular weight is 421 g/mol. The number of nitrogen functional groups attached to an aromatic ring is 1. The lowest BCUT2D eigenvalue weighted by Crippen LogP contribution is -2.01. The summed E-state index contributed by atoms with van der Waals surface area (Å²) in [5, 5.41) is 13.4. The van der Waals surface area contributed by atoms with Crippen LogP contribution in [0.5, 0.6) is 0 Å². The quantitative estimate of drug-likeness (QED) is 0.438. The summed E-state index contributed by atoms with van der Waals surface area (Å²) in [6.07, 6.45) is 0. The lowest BCUT2D eigenvalue weighted by Gasteiger charge is -2.11. The highest BCUT2D eigenvalue weighted by atomic mass is 79.9. The van der Waals surface area contributed by atoms with E-state index in [4.69, 9.17) is 5.73 Å². The molecule has 0 aliphatic carbocycles. The monoisotopic (exact) mass is 420 g/mol. The van der Waals surface area contributed by atoms with Gasteiger partial charge in [-0.1, -0.05) is 52.3 Å². The van der Waals surface area contributed by atoms with Gasteiger partial charge in [-0.15, -0.1) is 0 Å². The summed E-state index contributed by atoms with van der Waals surface area (Å²) in [6, 6.07) is 21.7. The van der Waals surface area contributed by atoms with Crippen LogP contribution in [0.15, 0.2) is 71.2 Å². The predicted molar refractivity (Wildman–Crippen MR) is 113 cm³/mol. The first kappa shape index (κ1) is 17.5. The van der Waals surface area contributed by atoms with Gasteiger partial charge in [0.05, 0.1) is 12.1 Å². The molecule has 0 aliphatic heterocycles. The maximum atomic E-state index is 9.22. The summed E-state index contributed by atoms with van der Waals surface area (Å²) in [7, 11) is 0. The molecule has 134 valence electrons. The summed E-state index contributed by atoms with van der Waals surface area (Å²) in [5.74, 6) is 0.879. The standard InChI is InChI=1S/C21H17BrN4O/c22-16-2-1-3-17(11-16)24-20-18-10-15(8-9-19(18)25-21(23)26-20)14-6-4-13(12-27)5-7-14/h1-11,27H,12H2,(H3,23,24,25,26). The molecular weight excluding hydrogens is 404 g/mol. The van der Waals surface area contributed by atoms with E-state index in [1.807, 2.05) is 66.7 Å². The number of rotatable bonds is 4. The molecule has 0 saturated carbocycles. The van der Waals surface area contributed by atoms with E-state index in [2.05, 4.69) is 31.2 Å². The van der Waals surface area contributed by atoms with Gasteiger partial charge >= 0.3 is 0 Å². The van der Waals surface area contributed by atoms with E-state index in [1.54, 1.807) is 0 Å². The maximum Gasteiger partial charge on any atom is 0.222 e. The van der Waals surface area contributed by atoms with Crippen LogP contribution in [-0.4, -0.2) is 15.1 Å². The minimum absolute atomic E-state index is 0.0336. The SMILES string of the molecule is Nc1nc(Nc2cccc(Br)c2)c2cc(-c3ccc(CO)cc3)ccc2n1. The highest BCUT2D eigenvalue weighted by Crippen LogP contribution is 2.30. The number of nitrogens with two attached hydrogens (primary N) is 1. The van der Waals surface area contributed by atoms with Crippen LogP contribution in [0.2, 0.25) is 0 Å². The van der Waals surface area contributed by atoms with Crippen LogP contribution in [0.3, 0.4) is 0 Å². The Bertz CT molecular complexity index is 1110. The second-order valence-corrected chi connectivity index (χ2v) is 7.07. The van der Waals surface area contributed by atoms with Crippen LogP contribution in [0.25, 0.3) is 22.0 Å². The van der Waals surface area contributed by atoms with Crippen molar-refractivity contribution >= 4 is 44.3 Å². The Morgan fingerprint density at radius 1 is 0.926 bits per heavy atom. The maximum absolute atomic E-state index is 9.22. The van der Waals surface area contributed by atoms with Crippen molar-refractivity contribution in [3.63, 3.8) is 0 Å². The number of nitrogens with zero attached hydrogens (tertiary/aromatic N) is 2. The van der Waals surface area contributed by atoms with Gasteiger partial charge in [0.2, 0.25) is 5.95 Å². The number of fused-ring (bicyclic) bond motifs is 1. The smallest absolute Gasteiger partial charge is 0.222 e. The molecule has 4 aromatic rings. The Hall–Kier alpha value is -2.96. The topological polar surface area (TPSA) is 84.1 Å². The summed E-state index contributed by atoms with van der Waals surface area (Å²) >= 11 is 3.48. The van der Waals surface area contributed by atoms with Crippen LogP contribution >= 0.6 is 15.9 Å². The Morgan fingerprint density at radius 2 is 1.70 bits per heavy atom. The number of aliphatic hydroxyl groups is 1. The molecule has 0 atom stereocenters. The highest BCUT2D eigenvalue weighted by molar-refractivity contribution is 9.10. The molecule has 0 spiro atoms. The molecule has 6 heteroatoms. The lowest BCUT2D eigenvalue weighted by atomic mass is 10.0. The third kappa shape index (κ3) is 3.77. The van der Waals surface area contributed by atoms with Gasteiger partial charge in [-0.2, -0.15) is 4.98 Å². The van der Waals surface area contributed by atoms with E-state index in [0.717, 1.165) is 37.8 Å². The summed E-state index contributed by atoms with van der Waals surface area (Å²) in [4.78, 5) is 8.74.